The van der Waals surface area contributed by atoms with Gasteiger partial charge in [-0.1, -0.05) is 6.92 Å². The summed E-state index contributed by atoms with van der Waals surface area (Å²) in [6, 6.07) is 7.01. The van der Waals surface area contributed by atoms with Crippen molar-refractivity contribution in [2.24, 2.45) is 0 Å². The van der Waals surface area contributed by atoms with E-state index in [1.54, 1.807) is 31.2 Å². The molecule has 0 spiro atoms. The van der Waals surface area contributed by atoms with Crippen molar-refractivity contribution in [1.82, 2.24) is 10.2 Å². The highest BCUT2D eigenvalue weighted by Crippen LogP contribution is 2.12. The number of hydrogen-bond acceptors (Lipinski definition) is 4. The largest absolute Gasteiger partial charge is 0.494 e. The maximum atomic E-state index is 12.0. The van der Waals surface area contributed by atoms with Crippen LogP contribution in [0.3, 0.4) is 0 Å². The lowest BCUT2D eigenvalue weighted by molar-refractivity contribution is 0.0326. The minimum Gasteiger partial charge on any atom is -0.494 e. The average Bonchev–Trinajstić information content (AvgIpc) is 2.42. The smallest absolute Gasteiger partial charge is 0.251 e. The summed E-state index contributed by atoms with van der Waals surface area (Å²) < 4.78 is 5.47. The molecule has 1 unspecified atom stereocenters. The topological polar surface area (TPSA) is 61.8 Å². The molecule has 0 saturated carbocycles. The number of likely N-dealkylation sites (N-methyl/N-ethyl adjacent to an activating group) is 1. The lowest BCUT2D eigenvalue weighted by atomic mass is 10.1. The van der Waals surface area contributed by atoms with Gasteiger partial charge in [0.1, 0.15) is 5.75 Å². The molecule has 21 heavy (non-hydrogen) atoms. The first-order valence-electron chi connectivity index (χ1n) is 7.22. The third kappa shape index (κ3) is 6.60. The number of nitrogens with one attached hydrogen (secondary N) is 1. The molecule has 0 bridgehead atoms. The fourth-order valence-corrected chi connectivity index (χ4v) is 2.03. The summed E-state index contributed by atoms with van der Waals surface area (Å²) in [5.74, 6) is 0.559. The van der Waals surface area contributed by atoms with Crippen molar-refractivity contribution in [3.05, 3.63) is 29.8 Å². The molecule has 1 atom stereocenters. The number of aliphatic hydroxyl groups is 1. The van der Waals surface area contributed by atoms with Crippen LogP contribution in [-0.4, -0.2) is 55.3 Å². The normalized spacial score (nSPS) is 13.8. The molecule has 0 fully saturated rings. The van der Waals surface area contributed by atoms with E-state index in [4.69, 9.17) is 4.74 Å². The molecule has 5 heteroatoms. The first-order chi connectivity index (χ1) is 9.84. The van der Waals surface area contributed by atoms with E-state index in [9.17, 15) is 9.90 Å². The molecule has 0 aliphatic rings. The quantitative estimate of drug-likeness (QED) is 0.763. The fraction of sp³-hybridized carbons (Fsp3) is 0.562. The van der Waals surface area contributed by atoms with E-state index in [0.29, 0.717) is 18.7 Å². The molecular formula is C16H26N2O3. The standard InChI is InChI=1S/C16H26N2O3/c1-5-10-21-14-8-6-13(7-9-14)15(19)17-11-16(2,20)12-18(3)4/h6-9,20H,5,10-12H2,1-4H3,(H,17,19). The van der Waals surface area contributed by atoms with Gasteiger partial charge in [0.15, 0.2) is 0 Å². The minimum atomic E-state index is -0.955. The molecule has 0 radical (unpaired) electrons. The van der Waals surface area contributed by atoms with Crippen molar-refractivity contribution in [2.75, 3.05) is 33.8 Å². The van der Waals surface area contributed by atoms with Crippen LogP contribution in [0.2, 0.25) is 0 Å². The minimum absolute atomic E-state index is 0.198. The Morgan fingerprint density at radius 2 is 1.95 bits per heavy atom. The highest BCUT2D eigenvalue weighted by Gasteiger charge is 2.22. The van der Waals surface area contributed by atoms with E-state index in [-0.39, 0.29) is 12.5 Å². The van der Waals surface area contributed by atoms with Gasteiger partial charge < -0.3 is 20.1 Å². The number of benzene rings is 1. The molecule has 0 saturated heterocycles. The van der Waals surface area contributed by atoms with Crippen LogP contribution in [0.1, 0.15) is 30.6 Å². The number of hydrogen-bond donors (Lipinski definition) is 2. The van der Waals surface area contributed by atoms with Gasteiger partial charge in [-0.25, -0.2) is 0 Å². The Morgan fingerprint density at radius 3 is 2.48 bits per heavy atom. The Bertz CT molecular complexity index is 441. The summed E-state index contributed by atoms with van der Waals surface area (Å²) in [5, 5.41) is 12.9. The predicted molar refractivity (Wildman–Crippen MR) is 83.7 cm³/mol. The molecule has 1 aromatic rings. The first kappa shape index (κ1) is 17.5. The monoisotopic (exact) mass is 294 g/mol. The number of ether oxygens (including phenoxy) is 1. The second-order valence-electron chi connectivity index (χ2n) is 5.79. The van der Waals surface area contributed by atoms with E-state index >= 15 is 0 Å². The van der Waals surface area contributed by atoms with Gasteiger partial charge in [0, 0.05) is 18.7 Å². The second kappa shape index (κ2) is 8.00. The van der Waals surface area contributed by atoms with Gasteiger partial charge in [0.05, 0.1) is 12.2 Å². The first-order valence-corrected chi connectivity index (χ1v) is 7.22. The zero-order chi connectivity index (χ0) is 15.9. The van der Waals surface area contributed by atoms with Crippen LogP contribution < -0.4 is 10.1 Å². The van der Waals surface area contributed by atoms with Gasteiger partial charge in [-0.3, -0.25) is 4.79 Å². The zero-order valence-corrected chi connectivity index (χ0v) is 13.3. The third-order valence-electron chi connectivity index (χ3n) is 2.88. The molecule has 118 valence electrons. The SMILES string of the molecule is CCCOc1ccc(C(=O)NCC(C)(O)CN(C)C)cc1. The second-order valence-corrected chi connectivity index (χ2v) is 5.79. The number of amides is 1. The molecule has 0 aromatic heterocycles. The van der Waals surface area contributed by atoms with E-state index < -0.39 is 5.60 Å². The van der Waals surface area contributed by atoms with E-state index in [2.05, 4.69) is 5.32 Å². The number of carbonyl (C=O) groups excluding carboxylic acids is 1. The molecule has 1 rings (SSSR count). The van der Waals surface area contributed by atoms with Crippen LogP contribution in [0.15, 0.2) is 24.3 Å². The van der Waals surface area contributed by atoms with E-state index in [1.807, 2.05) is 25.9 Å². The molecule has 1 amide bonds. The Morgan fingerprint density at radius 1 is 1.33 bits per heavy atom. The van der Waals surface area contributed by atoms with Crippen molar-refractivity contribution < 1.29 is 14.6 Å². The van der Waals surface area contributed by atoms with Crippen molar-refractivity contribution in [3.8, 4) is 5.75 Å². The van der Waals surface area contributed by atoms with Crippen LogP contribution in [0.5, 0.6) is 5.75 Å². The highest BCUT2D eigenvalue weighted by atomic mass is 16.5. The van der Waals surface area contributed by atoms with Gasteiger partial charge >= 0.3 is 0 Å². The van der Waals surface area contributed by atoms with Gasteiger partial charge in [0.25, 0.3) is 5.91 Å². The third-order valence-corrected chi connectivity index (χ3v) is 2.88. The Balaban J connectivity index is 2.52. The van der Waals surface area contributed by atoms with E-state index in [0.717, 1.165) is 12.2 Å². The van der Waals surface area contributed by atoms with Gasteiger partial charge in [-0.05, 0) is 51.7 Å². The molecular weight excluding hydrogens is 268 g/mol. The molecule has 0 heterocycles. The van der Waals surface area contributed by atoms with Gasteiger partial charge in [-0.15, -0.1) is 0 Å². The molecule has 1 aromatic carbocycles. The Labute approximate surface area is 126 Å². The number of nitrogens with zero attached hydrogens (tertiary/aromatic N) is 1. The lowest BCUT2D eigenvalue weighted by Gasteiger charge is -2.27. The summed E-state index contributed by atoms with van der Waals surface area (Å²) >= 11 is 0. The number of rotatable bonds is 8. The van der Waals surface area contributed by atoms with Crippen molar-refractivity contribution in [3.63, 3.8) is 0 Å². The summed E-state index contributed by atoms with van der Waals surface area (Å²) in [4.78, 5) is 13.9. The summed E-state index contributed by atoms with van der Waals surface area (Å²) in [6.45, 7) is 5.10. The average molecular weight is 294 g/mol. The number of carbonyl (C=O) groups is 1. The molecule has 5 nitrogen and oxygen atoms in total. The summed E-state index contributed by atoms with van der Waals surface area (Å²) in [7, 11) is 3.76. The summed E-state index contributed by atoms with van der Waals surface area (Å²) in [5.41, 5.74) is -0.400. The van der Waals surface area contributed by atoms with Crippen LogP contribution in [0.4, 0.5) is 0 Å². The predicted octanol–water partition coefficient (Wildman–Crippen LogP) is 1.52. The molecule has 0 aliphatic heterocycles. The van der Waals surface area contributed by atoms with Crippen LogP contribution in [-0.2, 0) is 0 Å². The van der Waals surface area contributed by atoms with Crippen LogP contribution in [0, 0.1) is 0 Å². The van der Waals surface area contributed by atoms with Crippen molar-refractivity contribution in [2.45, 2.75) is 25.9 Å². The molecule has 0 aliphatic carbocycles. The van der Waals surface area contributed by atoms with Gasteiger partial charge in [-0.2, -0.15) is 0 Å². The Hall–Kier alpha value is -1.59. The maximum absolute atomic E-state index is 12.0. The highest BCUT2D eigenvalue weighted by molar-refractivity contribution is 5.94. The van der Waals surface area contributed by atoms with Crippen molar-refractivity contribution in [1.29, 1.82) is 0 Å². The fourth-order valence-electron chi connectivity index (χ4n) is 2.03. The lowest BCUT2D eigenvalue weighted by Crippen LogP contribution is -2.47. The van der Waals surface area contributed by atoms with Crippen LogP contribution >= 0.6 is 0 Å². The Kier molecular flexibility index (Phi) is 6.65. The summed E-state index contributed by atoms with van der Waals surface area (Å²) in [6.07, 6.45) is 0.948. The van der Waals surface area contributed by atoms with Crippen molar-refractivity contribution >= 4 is 5.91 Å². The van der Waals surface area contributed by atoms with Gasteiger partial charge in [0.2, 0.25) is 0 Å². The van der Waals surface area contributed by atoms with Crippen LogP contribution in [0.25, 0.3) is 0 Å². The molecule has 2 N–H and O–H groups in total. The van der Waals surface area contributed by atoms with E-state index in [1.165, 1.54) is 0 Å². The maximum Gasteiger partial charge on any atom is 0.251 e. The zero-order valence-electron chi connectivity index (χ0n) is 13.3.